The maximum atomic E-state index is 11.5. The molecule has 1 amide bonds. The zero-order chi connectivity index (χ0) is 18.6. The van der Waals surface area contributed by atoms with Gasteiger partial charge in [-0.1, -0.05) is 11.8 Å². The average Bonchev–Trinajstić information content (AvgIpc) is 2.49. The number of nitrogens with one attached hydrogen (secondary N) is 1. The number of carbonyl (C=O) groups excluding carboxylic acids is 1. The van der Waals surface area contributed by atoms with Gasteiger partial charge >= 0.3 is 17.7 Å². The van der Waals surface area contributed by atoms with E-state index in [9.17, 15) is 14.4 Å². The second kappa shape index (κ2) is 7.09. The topological polar surface area (TPSA) is 106 Å². The molecule has 2 rings (SSSR count). The van der Waals surface area contributed by atoms with E-state index in [2.05, 4.69) is 17.2 Å². The zero-order valence-electron chi connectivity index (χ0n) is 14.0. The number of carboxylic acid groups (broad SMARTS) is 1. The number of benzene rings is 1. The molecule has 0 bridgehead atoms. The van der Waals surface area contributed by atoms with Crippen LogP contribution in [0.25, 0.3) is 11.0 Å². The minimum Gasteiger partial charge on any atom is -0.477 e. The summed E-state index contributed by atoms with van der Waals surface area (Å²) in [6, 6.07) is 6.01. The van der Waals surface area contributed by atoms with E-state index in [4.69, 9.17) is 14.3 Å². The van der Waals surface area contributed by atoms with Gasteiger partial charge in [0.2, 0.25) is 0 Å². The minimum absolute atomic E-state index is 0.0944. The van der Waals surface area contributed by atoms with E-state index in [-0.39, 0.29) is 12.1 Å². The number of ether oxygens (including phenoxy) is 1. The van der Waals surface area contributed by atoms with E-state index in [0.29, 0.717) is 10.9 Å². The van der Waals surface area contributed by atoms with Crippen LogP contribution in [0.4, 0.5) is 4.79 Å². The predicted molar refractivity (Wildman–Crippen MR) is 90.6 cm³/mol. The first kappa shape index (κ1) is 18.1. The Labute approximate surface area is 143 Å². The van der Waals surface area contributed by atoms with E-state index in [1.165, 1.54) is 12.1 Å². The van der Waals surface area contributed by atoms with Crippen molar-refractivity contribution in [3.63, 3.8) is 0 Å². The van der Waals surface area contributed by atoms with Crippen LogP contribution < -0.4 is 10.9 Å². The molecule has 0 atom stereocenters. The van der Waals surface area contributed by atoms with Crippen LogP contribution in [-0.2, 0) is 4.74 Å². The van der Waals surface area contributed by atoms with Crippen LogP contribution in [0.15, 0.2) is 33.5 Å². The molecule has 0 saturated heterocycles. The minimum atomic E-state index is -1.35. The number of hydrogen-bond acceptors (Lipinski definition) is 5. The number of rotatable bonds is 2. The molecule has 0 fully saturated rings. The van der Waals surface area contributed by atoms with Crippen LogP contribution in [0, 0.1) is 11.8 Å². The highest BCUT2D eigenvalue weighted by Crippen LogP contribution is 2.15. The molecule has 0 unspecified atom stereocenters. The van der Waals surface area contributed by atoms with E-state index >= 15 is 0 Å². The van der Waals surface area contributed by atoms with Crippen molar-refractivity contribution < 1.29 is 23.8 Å². The molecule has 1 aromatic carbocycles. The highest BCUT2D eigenvalue weighted by atomic mass is 16.6. The van der Waals surface area contributed by atoms with Gasteiger partial charge in [-0.2, -0.15) is 0 Å². The van der Waals surface area contributed by atoms with E-state index < -0.39 is 28.9 Å². The number of carbonyl (C=O) groups is 2. The van der Waals surface area contributed by atoms with Crippen molar-refractivity contribution in [3.05, 3.63) is 45.8 Å². The highest BCUT2D eigenvalue weighted by Gasteiger charge is 2.15. The van der Waals surface area contributed by atoms with Crippen LogP contribution in [0.5, 0.6) is 0 Å². The second-order valence-corrected chi connectivity index (χ2v) is 6.16. The molecule has 1 aromatic heterocycles. The van der Waals surface area contributed by atoms with Crippen molar-refractivity contribution in [1.29, 1.82) is 0 Å². The molecule has 0 aliphatic heterocycles. The fraction of sp³-hybridized carbons (Fsp3) is 0.278. The van der Waals surface area contributed by atoms with Crippen molar-refractivity contribution in [2.75, 3.05) is 6.54 Å². The Bertz CT molecular complexity index is 940. The summed E-state index contributed by atoms with van der Waals surface area (Å²) in [4.78, 5) is 34.0. The first-order valence-electron chi connectivity index (χ1n) is 7.42. The molecule has 0 aliphatic carbocycles. The third kappa shape index (κ3) is 5.11. The van der Waals surface area contributed by atoms with Crippen molar-refractivity contribution >= 4 is 23.0 Å². The monoisotopic (exact) mass is 343 g/mol. The summed E-state index contributed by atoms with van der Waals surface area (Å²) in [6.45, 7) is 5.38. The number of hydrogen-bond donors (Lipinski definition) is 2. The van der Waals surface area contributed by atoms with Crippen LogP contribution in [0.2, 0.25) is 0 Å². The number of fused-ring (bicyclic) bond motifs is 1. The predicted octanol–water partition coefficient (Wildman–Crippen LogP) is 2.37. The second-order valence-electron chi connectivity index (χ2n) is 6.16. The Morgan fingerprint density at radius 1 is 1.28 bits per heavy atom. The Morgan fingerprint density at radius 3 is 2.64 bits per heavy atom. The first-order chi connectivity index (χ1) is 11.7. The third-order valence-electron chi connectivity index (χ3n) is 2.92. The fourth-order valence-electron chi connectivity index (χ4n) is 1.93. The van der Waals surface area contributed by atoms with Crippen molar-refractivity contribution in [3.8, 4) is 11.8 Å². The smallest absolute Gasteiger partial charge is 0.408 e. The van der Waals surface area contributed by atoms with Gasteiger partial charge in [-0.25, -0.2) is 14.4 Å². The standard InChI is InChI=1S/C18H17NO6/c1-18(2,3)25-17(23)19-8-4-5-11-6-7-14-12(9-11)10-13(15(20)21)16(22)24-14/h6-7,9-10H,8H2,1-3H3,(H,19,23)(H,20,21). The first-order valence-corrected chi connectivity index (χ1v) is 7.42. The van der Waals surface area contributed by atoms with E-state index in [1.807, 2.05) is 0 Å². The highest BCUT2D eigenvalue weighted by molar-refractivity contribution is 5.91. The van der Waals surface area contributed by atoms with Gasteiger partial charge in [0, 0.05) is 10.9 Å². The summed E-state index contributed by atoms with van der Waals surface area (Å²) in [6.07, 6.45) is -0.562. The summed E-state index contributed by atoms with van der Waals surface area (Å²) in [5, 5.41) is 11.9. The van der Waals surface area contributed by atoms with Gasteiger partial charge in [-0.3, -0.25) is 0 Å². The molecule has 0 aliphatic rings. The molecule has 0 saturated carbocycles. The number of carboxylic acids is 1. The van der Waals surface area contributed by atoms with Gasteiger partial charge in [0.25, 0.3) is 0 Å². The molecule has 2 aromatic rings. The van der Waals surface area contributed by atoms with Crippen LogP contribution in [0.1, 0.15) is 36.7 Å². The molecule has 7 nitrogen and oxygen atoms in total. The third-order valence-corrected chi connectivity index (χ3v) is 2.92. The van der Waals surface area contributed by atoms with Crippen molar-refractivity contribution in [2.24, 2.45) is 0 Å². The molecule has 130 valence electrons. The fourth-order valence-corrected chi connectivity index (χ4v) is 1.93. The Morgan fingerprint density at radius 2 is 2.00 bits per heavy atom. The lowest BCUT2D eigenvalue weighted by Gasteiger charge is -2.18. The maximum absolute atomic E-state index is 11.5. The van der Waals surface area contributed by atoms with E-state index in [1.54, 1.807) is 32.9 Å². The average molecular weight is 343 g/mol. The van der Waals surface area contributed by atoms with Crippen molar-refractivity contribution in [2.45, 2.75) is 26.4 Å². The molecule has 0 spiro atoms. The lowest BCUT2D eigenvalue weighted by atomic mass is 10.1. The Balaban J connectivity index is 2.12. The molecule has 25 heavy (non-hydrogen) atoms. The number of alkyl carbamates (subject to hydrolysis) is 1. The van der Waals surface area contributed by atoms with Crippen molar-refractivity contribution in [1.82, 2.24) is 5.32 Å². The molecule has 7 heteroatoms. The van der Waals surface area contributed by atoms with Crippen LogP contribution in [0.3, 0.4) is 0 Å². The van der Waals surface area contributed by atoms with Gasteiger partial charge in [-0.15, -0.1) is 0 Å². The van der Waals surface area contributed by atoms with Gasteiger partial charge in [0.1, 0.15) is 16.7 Å². The largest absolute Gasteiger partial charge is 0.477 e. The van der Waals surface area contributed by atoms with Gasteiger partial charge in [0.15, 0.2) is 0 Å². The molecular weight excluding hydrogens is 326 g/mol. The summed E-state index contributed by atoms with van der Waals surface area (Å²) >= 11 is 0. The van der Waals surface area contributed by atoms with E-state index in [0.717, 1.165) is 0 Å². The molecule has 1 heterocycles. The van der Waals surface area contributed by atoms with Gasteiger partial charge < -0.3 is 19.6 Å². The Kier molecular flexibility index (Phi) is 5.13. The quantitative estimate of drug-likeness (QED) is 0.640. The number of aromatic carboxylic acids is 1. The normalized spacial score (nSPS) is 10.7. The summed E-state index contributed by atoms with van der Waals surface area (Å²) in [7, 11) is 0. The number of amides is 1. The molecule has 0 radical (unpaired) electrons. The summed E-state index contributed by atoms with van der Waals surface area (Å²) in [5.41, 5.74) is -1.07. The zero-order valence-corrected chi connectivity index (χ0v) is 14.0. The van der Waals surface area contributed by atoms with Gasteiger partial charge in [-0.05, 0) is 45.0 Å². The van der Waals surface area contributed by atoms with Crippen LogP contribution >= 0.6 is 0 Å². The lowest BCUT2D eigenvalue weighted by molar-refractivity contribution is 0.0534. The molecular formula is C18H17NO6. The van der Waals surface area contributed by atoms with Gasteiger partial charge in [0.05, 0.1) is 6.54 Å². The Hall–Kier alpha value is -3.27. The van der Waals surface area contributed by atoms with Crippen LogP contribution in [-0.4, -0.2) is 29.3 Å². The lowest BCUT2D eigenvalue weighted by Crippen LogP contribution is -2.32. The SMILES string of the molecule is CC(C)(C)OC(=O)NCC#Cc1ccc2oc(=O)c(C(=O)O)cc2c1. The summed E-state index contributed by atoms with van der Waals surface area (Å²) < 4.78 is 10.0. The molecule has 2 N–H and O–H groups in total. The summed E-state index contributed by atoms with van der Waals surface area (Å²) in [5.74, 6) is 4.24. The maximum Gasteiger partial charge on any atom is 0.408 e.